The van der Waals surface area contributed by atoms with Gasteiger partial charge >= 0.3 is 5.97 Å². The van der Waals surface area contributed by atoms with Crippen LogP contribution in [0.2, 0.25) is 0 Å². The Bertz CT molecular complexity index is 2210. The molecule has 5 aliphatic rings. The van der Waals surface area contributed by atoms with Gasteiger partial charge in [0.25, 0.3) is 0 Å². The molecule has 6 rings (SSSR count). The molecule has 0 aliphatic carbocycles. The minimum Gasteiger partial charge on any atom is -0.462 e. The second-order valence-electron chi connectivity index (χ2n) is 22.0. The van der Waals surface area contributed by atoms with E-state index in [-0.39, 0.29) is 36.5 Å². The van der Waals surface area contributed by atoms with Crippen LogP contribution in [0.25, 0.3) is 0 Å². The fourth-order valence-electron chi connectivity index (χ4n) is 11.1. The van der Waals surface area contributed by atoms with E-state index in [1.165, 1.54) is 39.4 Å². The molecule has 21 heteroatoms. The predicted octanol–water partition coefficient (Wildman–Crippen LogP) is 3.14. The first-order valence-electron chi connectivity index (χ1n) is 26.3. The number of methoxy groups -OCH3 is 2. The zero-order valence-corrected chi connectivity index (χ0v) is 46.6. The molecule has 2 unspecified atom stereocenters. The molecule has 0 aromatic heterocycles. The molecule has 0 spiro atoms. The summed E-state index contributed by atoms with van der Waals surface area (Å²) in [6.45, 7) is 15.4. The molecule has 23 atom stereocenters. The lowest BCUT2D eigenvalue weighted by molar-refractivity contribution is -0.342. The van der Waals surface area contributed by atoms with Gasteiger partial charge in [0.05, 0.1) is 60.1 Å². The number of aryl methyl sites for hydroxylation is 1. The number of ether oxygens (including phenoxy) is 10. The number of rotatable bonds is 15. The highest BCUT2D eigenvalue weighted by molar-refractivity contribution is 7.92. The van der Waals surface area contributed by atoms with E-state index >= 15 is 0 Å². The number of allylic oxidation sites excluding steroid dienone is 3. The maximum absolute atomic E-state index is 14.2. The van der Waals surface area contributed by atoms with Crippen LogP contribution < -0.4 is 0 Å². The van der Waals surface area contributed by atoms with E-state index in [1.54, 1.807) is 78.7 Å². The number of esters is 1. The number of cyclic esters (lactones) is 1. The van der Waals surface area contributed by atoms with Crippen molar-refractivity contribution in [3.8, 4) is 0 Å². The van der Waals surface area contributed by atoms with Gasteiger partial charge in [-0.15, -0.1) is 0 Å². The normalized spacial score (nSPS) is 43.9. The number of hydrogen-bond donors (Lipinski definition) is 5. The van der Waals surface area contributed by atoms with Crippen LogP contribution in [-0.2, 0) is 66.8 Å². The lowest BCUT2D eigenvalue weighted by Gasteiger charge is -2.50. The topological polar surface area (TPSA) is 268 Å². The molecule has 1 aromatic rings. The Morgan fingerprint density at radius 2 is 1.44 bits per heavy atom. The molecule has 5 heterocycles. The summed E-state index contributed by atoms with van der Waals surface area (Å²) in [4.78, 5) is 30.2. The fourth-order valence-corrected chi connectivity index (χ4v) is 12.7. The lowest BCUT2D eigenvalue weighted by Crippen LogP contribution is -2.65. The third kappa shape index (κ3) is 14.7. The number of hydrogen-bond acceptors (Lipinski definition) is 20. The molecule has 5 aliphatic heterocycles. The molecular weight excluding hydrogens is 999 g/mol. The van der Waals surface area contributed by atoms with Crippen molar-refractivity contribution >= 4 is 21.6 Å². The first-order chi connectivity index (χ1) is 35.2. The average Bonchev–Trinajstić information content (AvgIpc) is 4.13. The van der Waals surface area contributed by atoms with Crippen LogP contribution in [0.15, 0.2) is 53.0 Å². The molecule has 0 radical (unpaired) electrons. The number of aliphatic hydroxyl groups excluding tert-OH is 4. The molecule has 426 valence electrons. The van der Waals surface area contributed by atoms with Gasteiger partial charge in [-0.05, 0) is 99.0 Å². The van der Waals surface area contributed by atoms with E-state index in [9.17, 15) is 43.5 Å². The first kappa shape index (κ1) is 61.4. The number of carbonyl (C=O) groups is 2. The van der Waals surface area contributed by atoms with Crippen molar-refractivity contribution in [1.29, 1.82) is 0 Å². The number of benzene rings is 1. The Kier molecular flexibility index (Phi) is 21.3. The van der Waals surface area contributed by atoms with Gasteiger partial charge in [0.1, 0.15) is 48.8 Å². The van der Waals surface area contributed by atoms with Gasteiger partial charge in [-0.2, -0.15) is 0 Å². The second kappa shape index (κ2) is 26.0. The number of likely N-dealkylation sites (N-methyl/N-ethyl adjacent to an activating group) is 1. The summed E-state index contributed by atoms with van der Waals surface area (Å²) >= 11 is 0. The van der Waals surface area contributed by atoms with E-state index in [0.29, 0.717) is 12.0 Å². The molecule has 20 nitrogen and oxygen atoms in total. The molecule has 0 bridgehead atoms. The Labute approximate surface area is 442 Å². The monoisotopic (exact) mass is 1080 g/mol. The molecule has 0 saturated carbocycles. The van der Waals surface area contributed by atoms with E-state index in [2.05, 4.69) is 0 Å². The number of nitrogens with zero attached hydrogens (tertiary/aromatic N) is 1. The molecular formula is C54H85NO19S. The van der Waals surface area contributed by atoms with Crippen LogP contribution in [0.4, 0.5) is 0 Å². The average molecular weight is 1080 g/mol. The Morgan fingerprint density at radius 1 is 0.787 bits per heavy atom. The summed E-state index contributed by atoms with van der Waals surface area (Å²) in [6, 6.07) is 5.66. The lowest BCUT2D eigenvalue weighted by atomic mass is 9.79. The minimum atomic E-state index is -3.97. The van der Waals surface area contributed by atoms with Crippen molar-refractivity contribution in [2.75, 3.05) is 34.9 Å². The Morgan fingerprint density at radius 3 is 2.05 bits per heavy atom. The zero-order valence-electron chi connectivity index (χ0n) is 45.8. The molecule has 75 heavy (non-hydrogen) atoms. The molecule has 1 aromatic carbocycles. The van der Waals surface area contributed by atoms with E-state index in [1.807, 2.05) is 19.9 Å². The summed E-state index contributed by atoms with van der Waals surface area (Å²) in [5.74, 6) is -3.95. The van der Waals surface area contributed by atoms with Gasteiger partial charge in [-0.1, -0.05) is 56.2 Å². The van der Waals surface area contributed by atoms with Gasteiger partial charge < -0.3 is 77.8 Å². The molecule has 4 fully saturated rings. The van der Waals surface area contributed by atoms with Crippen molar-refractivity contribution in [2.45, 2.75) is 215 Å². The van der Waals surface area contributed by atoms with Crippen LogP contribution in [0.1, 0.15) is 93.1 Å². The third-order valence-electron chi connectivity index (χ3n) is 15.7. The van der Waals surface area contributed by atoms with Crippen LogP contribution in [-0.4, -0.2) is 201 Å². The maximum atomic E-state index is 14.2. The van der Waals surface area contributed by atoms with E-state index < -0.39 is 161 Å². The maximum Gasteiger partial charge on any atom is 0.308 e. The number of ketones is 1. The van der Waals surface area contributed by atoms with E-state index in [4.69, 9.17) is 47.4 Å². The van der Waals surface area contributed by atoms with Gasteiger partial charge in [0, 0.05) is 38.4 Å². The number of epoxide rings is 1. The number of carbonyl (C=O) groups excluding carboxylic acids is 2. The summed E-state index contributed by atoms with van der Waals surface area (Å²) in [5, 5.41) is 56.8. The number of sulfone groups is 1. The van der Waals surface area contributed by atoms with E-state index in [0.717, 1.165) is 5.56 Å². The largest absolute Gasteiger partial charge is 0.462 e. The fraction of sp³-hybridized carbons (Fsp3) is 0.778. The van der Waals surface area contributed by atoms with Crippen molar-refractivity contribution < 1.29 is 90.9 Å². The van der Waals surface area contributed by atoms with Crippen LogP contribution in [0, 0.1) is 30.6 Å². The number of aliphatic hydroxyl groups is 5. The van der Waals surface area contributed by atoms with Gasteiger partial charge in [-0.3, -0.25) is 9.59 Å². The van der Waals surface area contributed by atoms with Crippen LogP contribution >= 0.6 is 0 Å². The molecule has 0 amide bonds. The summed E-state index contributed by atoms with van der Waals surface area (Å²) in [7, 11) is 2.44. The SMILES string of the molecule is CC[C@H]1OC(=O)C[C@@H](O)[C@H](C)[C@@H](O[C@@H]2O[C@H](C)[C@@H](O[C@H]3C[C@@](C)(O)[C@@H](O)[C@H](C)O3)[C@H](N(C)C)[C@H]2O)[C@@H](CC2OC2S(=O)(=O)c2ccc(C)cc2)C[C@@H](C)C(=O)/C=C/C(C)=C/[C@@H]1CO[C@@H]1O[C@H](C)[C@@H](O)[C@@H](OC)[C@H]1OC. The summed E-state index contributed by atoms with van der Waals surface area (Å²) in [5.41, 5.74) is -1.20. The Hall–Kier alpha value is -2.81. The highest BCUT2D eigenvalue weighted by Crippen LogP contribution is 2.43. The van der Waals surface area contributed by atoms with Gasteiger partial charge in [0.15, 0.2) is 30.1 Å². The third-order valence-corrected chi connectivity index (χ3v) is 17.7. The van der Waals surface area contributed by atoms with Crippen molar-refractivity contribution in [3.63, 3.8) is 0 Å². The molecule has 4 saturated heterocycles. The van der Waals surface area contributed by atoms with Gasteiger partial charge in [-0.25, -0.2) is 8.42 Å². The van der Waals surface area contributed by atoms with Crippen molar-refractivity contribution in [1.82, 2.24) is 4.90 Å². The molecule has 5 N–H and O–H groups in total. The van der Waals surface area contributed by atoms with Crippen molar-refractivity contribution in [3.05, 3.63) is 53.6 Å². The predicted molar refractivity (Wildman–Crippen MR) is 271 cm³/mol. The van der Waals surface area contributed by atoms with Crippen LogP contribution in [0.3, 0.4) is 0 Å². The van der Waals surface area contributed by atoms with Crippen molar-refractivity contribution in [2.24, 2.45) is 23.7 Å². The second-order valence-corrected chi connectivity index (χ2v) is 24.0. The standard InChI is InChI=1S/C54H85NO19S/c1-14-39-35(26-67-52-49(66-13)48(65-12)44(59)31(6)69-52)21-28(3)17-20-37(56)29(4)22-34(23-40-53(72-40)75(63,64)36-18-15-27(2)16-19-36)46(30(5)38(57)24-41(58)71-39)74-51-45(60)43(55(10)11)47(32(7)70-51)73-42-25-54(9,62)50(61)33(8)68-42/h15-21,29-35,38-40,42-53,57,59-62H,14,22-26H2,1-13H3/b20-17+,28-21+/t29-,30+,31-,32-,33+,34-,35-,38-,39-,40?,42+,43-,44-,45-,46-,47-,48-,49-,50+,51+,52-,53?,54-/m1/s1. The highest BCUT2D eigenvalue weighted by Gasteiger charge is 2.55. The summed E-state index contributed by atoms with van der Waals surface area (Å²) in [6.07, 6.45) is -10.8. The zero-order chi connectivity index (χ0) is 55.4. The first-order valence-corrected chi connectivity index (χ1v) is 27.9. The quantitative estimate of drug-likeness (QED) is 0.125. The minimum absolute atomic E-state index is 0.0375. The van der Waals surface area contributed by atoms with Crippen LogP contribution in [0.5, 0.6) is 0 Å². The smallest absolute Gasteiger partial charge is 0.308 e. The Balaban J connectivity index is 1.32. The van der Waals surface area contributed by atoms with Gasteiger partial charge in [0.2, 0.25) is 9.84 Å². The highest BCUT2D eigenvalue weighted by atomic mass is 32.2. The summed E-state index contributed by atoms with van der Waals surface area (Å²) < 4.78 is 89.3.